The molecule has 0 spiro atoms. The number of hydrogen-bond donors (Lipinski definition) is 3. The van der Waals surface area contributed by atoms with Crippen LogP contribution < -0.4 is 25.4 Å². The third kappa shape index (κ3) is 7.83. The van der Waals surface area contributed by atoms with Crippen LogP contribution in [-0.4, -0.2) is 39.2 Å². The third-order valence-electron chi connectivity index (χ3n) is 3.94. The lowest BCUT2D eigenvalue weighted by molar-refractivity contribution is -0.115. The molecule has 1 amide bonds. The summed E-state index contributed by atoms with van der Waals surface area (Å²) in [5, 5.41) is 8.94. The van der Waals surface area contributed by atoms with Crippen LogP contribution in [0, 0.1) is 12.3 Å². The van der Waals surface area contributed by atoms with Crippen molar-refractivity contribution in [3.63, 3.8) is 0 Å². The second-order valence-electron chi connectivity index (χ2n) is 6.01. The molecule has 0 heterocycles. The van der Waals surface area contributed by atoms with E-state index < -0.39 is 0 Å². The number of terminal acetylenes is 1. The second kappa shape index (κ2) is 13.3. The molecule has 0 aromatic heterocycles. The summed E-state index contributed by atoms with van der Waals surface area (Å²) >= 11 is 0. The van der Waals surface area contributed by atoms with Crippen LogP contribution in [0.3, 0.4) is 0 Å². The van der Waals surface area contributed by atoms with Gasteiger partial charge in [0, 0.05) is 17.8 Å². The summed E-state index contributed by atoms with van der Waals surface area (Å²) in [6.07, 6.45) is 5.38. The molecule has 2 rings (SSSR count). The van der Waals surface area contributed by atoms with E-state index >= 15 is 0 Å². The van der Waals surface area contributed by atoms with Gasteiger partial charge in [0.15, 0.2) is 17.5 Å². The van der Waals surface area contributed by atoms with Gasteiger partial charge in [-0.25, -0.2) is 4.99 Å². The average Bonchev–Trinajstić information content (AvgIpc) is 2.75. The van der Waals surface area contributed by atoms with Crippen LogP contribution >= 0.6 is 24.0 Å². The molecule has 0 bridgehead atoms. The number of amides is 1. The second-order valence-corrected chi connectivity index (χ2v) is 6.01. The smallest absolute Gasteiger partial charge is 0.243 e. The van der Waals surface area contributed by atoms with Crippen molar-refractivity contribution in [2.24, 2.45) is 4.99 Å². The Kier molecular flexibility index (Phi) is 11.1. The van der Waals surface area contributed by atoms with Gasteiger partial charge < -0.3 is 25.4 Å². The number of nitrogens with one attached hydrogen (secondary N) is 3. The lowest BCUT2D eigenvalue weighted by Crippen LogP contribution is -2.41. The molecule has 8 heteroatoms. The molecule has 2 aromatic carbocycles. The molecule has 30 heavy (non-hydrogen) atoms. The zero-order valence-electron chi connectivity index (χ0n) is 17.3. The summed E-state index contributed by atoms with van der Waals surface area (Å²) < 4.78 is 10.6. The van der Waals surface area contributed by atoms with Crippen molar-refractivity contribution in [1.82, 2.24) is 10.6 Å². The van der Waals surface area contributed by atoms with E-state index in [1.165, 1.54) is 0 Å². The van der Waals surface area contributed by atoms with Gasteiger partial charge in [-0.2, -0.15) is 0 Å². The van der Waals surface area contributed by atoms with Crippen molar-refractivity contribution in [1.29, 1.82) is 0 Å². The number of hydrogen-bond acceptors (Lipinski definition) is 4. The standard InChI is InChI=1S/C22H26N4O3.HI/c1-5-16-8-7-9-18(12-16)26-21(27)15-25-22(23-6-2)24-14-17-10-11-19(28-3)20(13-17)29-4;/h1,7-13H,6,14-15H2,2-4H3,(H,26,27)(H2,23,24,25);1H. The maximum absolute atomic E-state index is 12.2. The third-order valence-corrected chi connectivity index (χ3v) is 3.94. The number of nitrogens with zero attached hydrogens (tertiary/aromatic N) is 1. The van der Waals surface area contributed by atoms with E-state index in [4.69, 9.17) is 15.9 Å². The Morgan fingerprint density at radius 3 is 2.53 bits per heavy atom. The first-order valence-corrected chi connectivity index (χ1v) is 9.19. The fraction of sp³-hybridized carbons (Fsp3) is 0.273. The molecule has 0 saturated carbocycles. The van der Waals surface area contributed by atoms with E-state index in [2.05, 4.69) is 26.9 Å². The molecule has 0 aliphatic heterocycles. The number of ether oxygens (including phenoxy) is 2. The minimum Gasteiger partial charge on any atom is -0.493 e. The minimum absolute atomic E-state index is 0. The number of rotatable bonds is 8. The number of carbonyl (C=O) groups excluding carboxylic acids is 1. The van der Waals surface area contributed by atoms with Gasteiger partial charge in [0.25, 0.3) is 0 Å². The van der Waals surface area contributed by atoms with Crippen LogP contribution in [-0.2, 0) is 11.3 Å². The molecule has 0 aliphatic carbocycles. The van der Waals surface area contributed by atoms with Crippen molar-refractivity contribution < 1.29 is 14.3 Å². The van der Waals surface area contributed by atoms with Gasteiger partial charge in [0.05, 0.1) is 27.3 Å². The lowest BCUT2D eigenvalue weighted by atomic mass is 10.2. The van der Waals surface area contributed by atoms with Gasteiger partial charge in [-0.15, -0.1) is 30.4 Å². The molecule has 0 fully saturated rings. The van der Waals surface area contributed by atoms with Gasteiger partial charge >= 0.3 is 0 Å². The molecular formula is C22H27IN4O3. The predicted octanol–water partition coefficient (Wildman–Crippen LogP) is 3.00. The Balaban J connectivity index is 0.00000450. The Morgan fingerprint density at radius 2 is 1.87 bits per heavy atom. The van der Waals surface area contributed by atoms with Crippen LogP contribution in [0.5, 0.6) is 11.5 Å². The van der Waals surface area contributed by atoms with E-state index in [9.17, 15) is 4.79 Å². The predicted molar refractivity (Wildman–Crippen MR) is 131 cm³/mol. The van der Waals surface area contributed by atoms with Crippen LogP contribution in [0.2, 0.25) is 0 Å². The first-order chi connectivity index (χ1) is 14.1. The van der Waals surface area contributed by atoms with Crippen LogP contribution in [0.25, 0.3) is 0 Å². The Labute approximate surface area is 194 Å². The summed E-state index contributed by atoms with van der Waals surface area (Å²) in [6.45, 7) is 3.11. The van der Waals surface area contributed by atoms with Crippen molar-refractivity contribution in [3.8, 4) is 23.8 Å². The van der Waals surface area contributed by atoms with E-state index in [0.717, 1.165) is 5.56 Å². The van der Waals surface area contributed by atoms with Gasteiger partial charge in [-0.1, -0.05) is 18.1 Å². The SMILES string of the molecule is C#Cc1cccc(NC(=O)CNC(=NCc2ccc(OC)c(OC)c2)NCC)c1.I. The molecule has 0 saturated heterocycles. The van der Waals surface area contributed by atoms with Gasteiger partial charge in [-0.05, 0) is 42.8 Å². The maximum Gasteiger partial charge on any atom is 0.243 e. The lowest BCUT2D eigenvalue weighted by Gasteiger charge is -2.12. The zero-order valence-corrected chi connectivity index (χ0v) is 19.7. The first-order valence-electron chi connectivity index (χ1n) is 9.19. The van der Waals surface area contributed by atoms with Crippen molar-refractivity contribution in [2.75, 3.05) is 32.6 Å². The van der Waals surface area contributed by atoms with Crippen molar-refractivity contribution in [2.45, 2.75) is 13.5 Å². The Bertz CT molecular complexity index is 909. The molecule has 0 aliphatic rings. The van der Waals surface area contributed by atoms with Gasteiger partial charge in [0.2, 0.25) is 5.91 Å². The van der Waals surface area contributed by atoms with Crippen LogP contribution in [0.1, 0.15) is 18.1 Å². The largest absolute Gasteiger partial charge is 0.493 e. The number of benzene rings is 2. The molecule has 2 aromatic rings. The number of anilines is 1. The van der Waals surface area contributed by atoms with E-state index in [-0.39, 0.29) is 36.4 Å². The van der Waals surface area contributed by atoms with Crippen molar-refractivity contribution >= 4 is 41.5 Å². The number of methoxy groups -OCH3 is 2. The van der Waals surface area contributed by atoms with Crippen LogP contribution in [0.4, 0.5) is 5.69 Å². The number of aliphatic imine (C=N–C) groups is 1. The fourth-order valence-electron chi connectivity index (χ4n) is 2.55. The number of carbonyl (C=O) groups is 1. The Hall–Kier alpha value is -2.93. The monoisotopic (exact) mass is 522 g/mol. The molecular weight excluding hydrogens is 495 g/mol. The van der Waals surface area contributed by atoms with Gasteiger partial charge in [-0.3, -0.25) is 4.79 Å². The van der Waals surface area contributed by atoms with Gasteiger partial charge in [0.1, 0.15) is 0 Å². The molecule has 0 radical (unpaired) electrons. The average molecular weight is 522 g/mol. The zero-order chi connectivity index (χ0) is 21.1. The van der Waals surface area contributed by atoms with E-state index in [1.54, 1.807) is 38.5 Å². The molecule has 3 N–H and O–H groups in total. The summed E-state index contributed by atoms with van der Waals surface area (Å²) in [4.78, 5) is 16.7. The van der Waals surface area contributed by atoms with Crippen molar-refractivity contribution in [3.05, 3.63) is 53.6 Å². The number of guanidine groups is 1. The molecule has 7 nitrogen and oxygen atoms in total. The highest BCUT2D eigenvalue weighted by Crippen LogP contribution is 2.27. The minimum atomic E-state index is -0.198. The first kappa shape index (κ1) is 25.1. The number of halogens is 1. The molecule has 160 valence electrons. The fourth-order valence-corrected chi connectivity index (χ4v) is 2.55. The topological polar surface area (TPSA) is 84.0 Å². The summed E-state index contributed by atoms with van der Waals surface area (Å²) in [7, 11) is 3.19. The summed E-state index contributed by atoms with van der Waals surface area (Å²) in [5.74, 6) is 4.19. The summed E-state index contributed by atoms with van der Waals surface area (Å²) in [5.41, 5.74) is 2.32. The molecule has 0 atom stereocenters. The van der Waals surface area contributed by atoms with E-state index in [0.29, 0.717) is 41.8 Å². The Morgan fingerprint density at radius 1 is 1.10 bits per heavy atom. The normalized spacial score (nSPS) is 10.3. The maximum atomic E-state index is 12.2. The quantitative estimate of drug-likeness (QED) is 0.215. The highest BCUT2D eigenvalue weighted by molar-refractivity contribution is 14.0. The highest BCUT2D eigenvalue weighted by Gasteiger charge is 2.07. The molecule has 0 unspecified atom stereocenters. The van der Waals surface area contributed by atoms with E-state index in [1.807, 2.05) is 25.1 Å². The van der Waals surface area contributed by atoms with Crippen LogP contribution in [0.15, 0.2) is 47.5 Å². The summed E-state index contributed by atoms with van der Waals surface area (Å²) in [6, 6.07) is 12.8. The highest BCUT2D eigenvalue weighted by atomic mass is 127.